The van der Waals surface area contributed by atoms with Gasteiger partial charge in [0, 0.05) is 0 Å². The average molecular weight is 268 g/mol. The number of hydrogen-bond donors (Lipinski definition) is 0. The molecule has 0 spiro atoms. The second-order valence-corrected chi connectivity index (χ2v) is 4.68. The largest absolute Gasteiger partial charge is 0.374 e. The van der Waals surface area contributed by atoms with Gasteiger partial charge in [-0.2, -0.15) is 0 Å². The second kappa shape index (κ2) is 8.25. The van der Waals surface area contributed by atoms with E-state index in [2.05, 4.69) is 0 Å². The highest BCUT2D eigenvalue weighted by Crippen LogP contribution is 2.20. The first kappa shape index (κ1) is 14.4. The third-order valence-electron chi connectivity index (χ3n) is 3.11. The minimum Gasteiger partial charge on any atom is -0.374 e. The highest BCUT2D eigenvalue weighted by atomic mass is 19.1. The van der Waals surface area contributed by atoms with Crippen molar-refractivity contribution in [1.29, 1.82) is 0 Å². The molecule has 4 heteroatoms. The fraction of sp³-hybridized carbons (Fsp3) is 0.600. The molecule has 0 bridgehead atoms. The van der Waals surface area contributed by atoms with E-state index in [1.165, 1.54) is 0 Å². The van der Waals surface area contributed by atoms with Crippen LogP contribution in [0.15, 0.2) is 30.3 Å². The predicted molar refractivity (Wildman–Crippen MR) is 70.5 cm³/mol. The molecule has 1 saturated heterocycles. The van der Waals surface area contributed by atoms with Crippen LogP contribution in [0.1, 0.15) is 24.8 Å². The lowest BCUT2D eigenvalue weighted by molar-refractivity contribution is -0.206. The van der Waals surface area contributed by atoms with Crippen LogP contribution in [0.5, 0.6) is 0 Å². The number of halogens is 1. The standard InChI is InChI=1S/C15H21FO3/c16-9-10-18-15-8-4-7-14(19-15)12-17-11-13-5-2-1-3-6-13/h1-3,5-6,14-15H,4,7-12H2/t14-,15+/m0/s1. The number of alkyl halides is 1. The molecule has 2 rings (SSSR count). The van der Waals surface area contributed by atoms with Crippen molar-refractivity contribution in [3.05, 3.63) is 35.9 Å². The minimum absolute atomic E-state index is 0.0575. The number of rotatable bonds is 7. The molecule has 1 aromatic carbocycles. The first-order chi connectivity index (χ1) is 9.38. The molecular formula is C15H21FO3. The Morgan fingerprint density at radius 3 is 2.84 bits per heavy atom. The molecule has 19 heavy (non-hydrogen) atoms. The Bertz CT molecular complexity index is 345. The van der Waals surface area contributed by atoms with Gasteiger partial charge >= 0.3 is 0 Å². The fourth-order valence-electron chi connectivity index (χ4n) is 2.17. The smallest absolute Gasteiger partial charge is 0.158 e. The van der Waals surface area contributed by atoms with E-state index in [4.69, 9.17) is 14.2 Å². The summed E-state index contributed by atoms with van der Waals surface area (Å²) in [5.74, 6) is 0. The third-order valence-corrected chi connectivity index (χ3v) is 3.11. The lowest BCUT2D eigenvalue weighted by Gasteiger charge is -2.29. The number of benzene rings is 1. The molecule has 1 aliphatic rings. The van der Waals surface area contributed by atoms with Gasteiger partial charge in [0.05, 0.1) is 25.9 Å². The summed E-state index contributed by atoms with van der Waals surface area (Å²) in [5.41, 5.74) is 1.16. The minimum atomic E-state index is -0.463. The summed E-state index contributed by atoms with van der Waals surface area (Å²) in [6.07, 6.45) is 2.65. The van der Waals surface area contributed by atoms with E-state index in [1.807, 2.05) is 30.3 Å². The van der Waals surface area contributed by atoms with Crippen molar-refractivity contribution in [3.63, 3.8) is 0 Å². The Morgan fingerprint density at radius 1 is 1.21 bits per heavy atom. The van der Waals surface area contributed by atoms with Gasteiger partial charge in [-0.25, -0.2) is 4.39 Å². The first-order valence-electron chi connectivity index (χ1n) is 6.83. The Balaban J connectivity index is 1.65. The summed E-state index contributed by atoms with van der Waals surface area (Å²) in [4.78, 5) is 0. The second-order valence-electron chi connectivity index (χ2n) is 4.68. The highest BCUT2D eigenvalue weighted by Gasteiger charge is 2.22. The van der Waals surface area contributed by atoms with Crippen LogP contribution in [0.4, 0.5) is 4.39 Å². The Morgan fingerprint density at radius 2 is 2.05 bits per heavy atom. The van der Waals surface area contributed by atoms with Gasteiger partial charge in [-0.05, 0) is 24.8 Å². The van der Waals surface area contributed by atoms with Crippen molar-refractivity contribution in [2.24, 2.45) is 0 Å². The number of ether oxygens (including phenoxy) is 3. The Hall–Kier alpha value is -0.970. The van der Waals surface area contributed by atoms with Crippen LogP contribution in [0.25, 0.3) is 0 Å². The lowest BCUT2D eigenvalue weighted by atomic mass is 10.1. The van der Waals surface area contributed by atoms with E-state index >= 15 is 0 Å². The van der Waals surface area contributed by atoms with Gasteiger partial charge in [-0.1, -0.05) is 30.3 Å². The van der Waals surface area contributed by atoms with Crippen LogP contribution in [-0.2, 0) is 20.8 Å². The summed E-state index contributed by atoms with van der Waals surface area (Å²) >= 11 is 0. The van der Waals surface area contributed by atoms with Crippen molar-refractivity contribution in [3.8, 4) is 0 Å². The van der Waals surface area contributed by atoms with Crippen LogP contribution >= 0.6 is 0 Å². The summed E-state index contributed by atoms with van der Waals surface area (Å²) in [6, 6.07) is 10.1. The van der Waals surface area contributed by atoms with Gasteiger partial charge in [0.1, 0.15) is 6.67 Å². The molecule has 0 amide bonds. The van der Waals surface area contributed by atoms with Crippen molar-refractivity contribution in [2.45, 2.75) is 38.3 Å². The van der Waals surface area contributed by atoms with E-state index in [9.17, 15) is 4.39 Å². The van der Waals surface area contributed by atoms with E-state index in [1.54, 1.807) is 0 Å². The van der Waals surface area contributed by atoms with E-state index < -0.39 is 6.67 Å². The molecule has 0 aromatic heterocycles. The zero-order valence-electron chi connectivity index (χ0n) is 11.1. The highest BCUT2D eigenvalue weighted by molar-refractivity contribution is 5.13. The van der Waals surface area contributed by atoms with Gasteiger partial charge in [-0.15, -0.1) is 0 Å². The van der Waals surface area contributed by atoms with E-state index in [-0.39, 0.29) is 19.0 Å². The lowest BCUT2D eigenvalue weighted by Crippen LogP contribution is -2.33. The molecule has 2 atom stereocenters. The van der Waals surface area contributed by atoms with Gasteiger partial charge < -0.3 is 14.2 Å². The molecule has 1 heterocycles. The van der Waals surface area contributed by atoms with Crippen LogP contribution in [0, 0.1) is 0 Å². The predicted octanol–water partition coefficient (Wildman–Crippen LogP) is 3.08. The van der Waals surface area contributed by atoms with Crippen LogP contribution < -0.4 is 0 Å². The normalized spacial score (nSPS) is 23.4. The maximum atomic E-state index is 12.0. The Kier molecular flexibility index (Phi) is 6.27. The maximum Gasteiger partial charge on any atom is 0.158 e. The molecule has 0 unspecified atom stereocenters. The molecule has 1 aromatic rings. The summed E-state index contributed by atoms with van der Waals surface area (Å²) in [6.45, 7) is 0.804. The molecular weight excluding hydrogens is 247 g/mol. The molecule has 1 aliphatic heterocycles. The van der Waals surface area contributed by atoms with Crippen molar-refractivity contribution >= 4 is 0 Å². The molecule has 3 nitrogen and oxygen atoms in total. The fourth-order valence-corrected chi connectivity index (χ4v) is 2.17. The average Bonchev–Trinajstić information content (AvgIpc) is 2.47. The molecule has 0 aliphatic carbocycles. The molecule has 106 valence electrons. The van der Waals surface area contributed by atoms with Crippen molar-refractivity contribution in [2.75, 3.05) is 19.9 Å². The molecule has 1 fully saturated rings. The molecule has 0 radical (unpaired) electrons. The quantitative estimate of drug-likeness (QED) is 0.760. The SMILES string of the molecule is FCCO[C@H]1CCC[C@@H](COCc2ccccc2)O1. The van der Waals surface area contributed by atoms with E-state index in [0.29, 0.717) is 13.2 Å². The topological polar surface area (TPSA) is 27.7 Å². The van der Waals surface area contributed by atoms with Crippen LogP contribution in [-0.4, -0.2) is 32.3 Å². The van der Waals surface area contributed by atoms with E-state index in [0.717, 1.165) is 24.8 Å². The monoisotopic (exact) mass is 268 g/mol. The summed E-state index contributed by atoms with van der Waals surface area (Å²) in [7, 11) is 0. The Labute approximate surface area is 113 Å². The maximum absolute atomic E-state index is 12.0. The third kappa shape index (κ3) is 5.27. The zero-order chi connectivity index (χ0) is 13.3. The van der Waals surface area contributed by atoms with Gasteiger partial charge in [0.15, 0.2) is 6.29 Å². The molecule has 0 N–H and O–H groups in total. The van der Waals surface area contributed by atoms with Gasteiger partial charge in [0.2, 0.25) is 0 Å². The summed E-state index contributed by atoms with van der Waals surface area (Å²) in [5, 5.41) is 0. The van der Waals surface area contributed by atoms with Crippen LogP contribution in [0.2, 0.25) is 0 Å². The summed E-state index contributed by atoms with van der Waals surface area (Å²) < 4.78 is 28.7. The van der Waals surface area contributed by atoms with Gasteiger partial charge in [-0.3, -0.25) is 0 Å². The van der Waals surface area contributed by atoms with Crippen molar-refractivity contribution in [1.82, 2.24) is 0 Å². The van der Waals surface area contributed by atoms with Gasteiger partial charge in [0.25, 0.3) is 0 Å². The number of hydrogen-bond acceptors (Lipinski definition) is 3. The van der Waals surface area contributed by atoms with Crippen molar-refractivity contribution < 1.29 is 18.6 Å². The zero-order valence-corrected chi connectivity index (χ0v) is 11.1. The molecule has 0 saturated carbocycles. The van der Waals surface area contributed by atoms with Crippen LogP contribution in [0.3, 0.4) is 0 Å². The first-order valence-corrected chi connectivity index (χ1v) is 6.83.